The Morgan fingerprint density at radius 3 is 2.76 bits per heavy atom. The van der Waals surface area contributed by atoms with Crippen LogP contribution >= 0.6 is 0 Å². The zero-order valence-corrected chi connectivity index (χ0v) is 15.4. The minimum absolute atomic E-state index is 0.731. The third-order valence-electron chi connectivity index (χ3n) is 3.92. The van der Waals surface area contributed by atoms with Gasteiger partial charge in [-0.3, -0.25) is 9.98 Å². The summed E-state index contributed by atoms with van der Waals surface area (Å²) in [7, 11) is 1.71. The zero-order chi connectivity index (χ0) is 17.9. The molecule has 0 aliphatic heterocycles. The molecule has 1 aromatic carbocycles. The van der Waals surface area contributed by atoms with Gasteiger partial charge in [0.25, 0.3) is 0 Å². The van der Waals surface area contributed by atoms with Gasteiger partial charge >= 0.3 is 0 Å². The van der Waals surface area contributed by atoms with Crippen molar-refractivity contribution in [2.24, 2.45) is 4.99 Å². The van der Waals surface area contributed by atoms with E-state index in [1.165, 1.54) is 11.1 Å². The average Bonchev–Trinajstić information content (AvgIpc) is 2.64. The van der Waals surface area contributed by atoms with Crippen molar-refractivity contribution >= 4 is 5.96 Å². The van der Waals surface area contributed by atoms with Crippen molar-refractivity contribution in [2.45, 2.75) is 26.7 Å². The normalized spacial score (nSPS) is 11.2. The smallest absolute Gasteiger partial charge is 0.191 e. The Bertz CT molecular complexity index is 671. The van der Waals surface area contributed by atoms with E-state index in [0.717, 1.165) is 49.7 Å². The quantitative estimate of drug-likeness (QED) is 0.573. The number of hydrogen-bond acceptors (Lipinski definition) is 3. The highest BCUT2D eigenvalue weighted by atomic mass is 16.5. The van der Waals surface area contributed by atoms with E-state index < -0.39 is 0 Å². The van der Waals surface area contributed by atoms with Gasteiger partial charge in [0, 0.05) is 32.0 Å². The van der Waals surface area contributed by atoms with Gasteiger partial charge in [-0.25, -0.2) is 0 Å². The van der Waals surface area contributed by atoms with E-state index in [9.17, 15) is 0 Å². The number of nitrogens with one attached hydrogen (secondary N) is 2. The number of aliphatic imine (C=N–C) groups is 1. The maximum absolute atomic E-state index is 5.38. The van der Waals surface area contributed by atoms with E-state index in [4.69, 9.17) is 4.74 Å². The summed E-state index contributed by atoms with van der Waals surface area (Å²) >= 11 is 0. The zero-order valence-electron chi connectivity index (χ0n) is 15.4. The van der Waals surface area contributed by atoms with Crippen LogP contribution in [0.3, 0.4) is 0 Å². The van der Waals surface area contributed by atoms with E-state index in [-0.39, 0.29) is 0 Å². The Labute approximate surface area is 150 Å². The molecule has 0 spiro atoms. The Morgan fingerprint density at radius 1 is 1.16 bits per heavy atom. The van der Waals surface area contributed by atoms with Crippen LogP contribution in [0.1, 0.15) is 23.6 Å². The minimum atomic E-state index is 0.731. The van der Waals surface area contributed by atoms with E-state index >= 15 is 0 Å². The molecular formula is C20H28N4O. The molecule has 0 atom stereocenters. The molecule has 134 valence electrons. The molecule has 0 aliphatic rings. The van der Waals surface area contributed by atoms with E-state index in [0.29, 0.717) is 0 Å². The number of benzene rings is 1. The summed E-state index contributed by atoms with van der Waals surface area (Å²) in [5.74, 6) is 1.79. The van der Waals surface area contributed by atoms with Gasteiger partial charge in [0.1, 0.15) is 5.75 Å². The van der Waals surface area contributed by atoms with E-state index in [2.05, 4.69) is 58.7 Å². The lowest BCUT2D eigenvalue weighted by molar-refractivity contribution is 0.411. The van der Waals surface area contributed by atoms with Crippen LogP contribution in [0.25, 0.3) is 0 Å². The third kappa shape index (κ3) is 6.45. The lowest BCUT2D eigenvalue weighted by atomic mass is 10.1. The first-order chi connectivity index (χ1) is 12.2. The predicted octanol–water partition coefficient (Wildman–Crippen LogP) is 2.74. The monoisotopic (exact) mass is 340 g/mol. The predicted molar refractivity (Wildman–Crippen MR) is 103 cm³/mol. The van der Waals surface area contributed by atoms with Crippen LogP contribution in [0.15, 0.2) is 47.7 Å². The van der Waals surface area contributed by atoms with Gasteiger partial charge in [-0.2, -0.15) is 0 Å². The molecule has 0 amide bonds. The molecule has 5 heteroatoms. The summed E-state index contributed by atoms with van der Waals surface area (Å²) in [6, 6.07) is 10.4. The highest BCUT2D eigenvalue weighted by molar-refractivity contribution is 5.79. The van der Waals surface area contributed by atoms with Crippen molar-refractivity contribution in [2.75, 3.05) is 26.7 Å². The Kier molecular flexibility index (Phi) is 7.76. The molecule has 0 radical (unpaired) electrons. The van der Waals surface area contributed by atoms with Crippen molar-refractivity contribution in [3.8, 4) is 5.75 Å². The summed E-state index contributed by atoms with van der Waals surface area (Å²) in [5, 5.41) is 6.66. The fourth-order valence-corrected chi connectivity index (χ4v) is 2.53. The highest BCUT2D eigenvalue weighted by Gasteiger charge is 2.01. The fraction of sp³-hybridized carbons (Fsp3) is 0.400. The molecule has 0 saturated carbocycles. The molecule has 0 unspecified atom stereocenters. The summed E-state index contributed by atoms with van der Waals surface area (Å²) < 4.78 is 5.38. The number of rotatable bonds is 8. The van der Waals surface area contributed by atoms with Crippen molar-refractivity contribution in [3.63, 3.8) is 0 Å². The van der Waals surface area contributed by atoms with Gasteiger partial charge in [0.2, 0.25) is 0 Å². The van der Waals surface area contributed by atoms with Crippen LogP contribution in [0.4, 0.5) is 0 Å². The van der Waals surface area contributed by atoms with Gasteiger partial charge in [-0.1, -0.05) is 18.2 Å². The largest absolute Gasteiger partial charge is 0.496 e. The third-order valence-corrected chi connectivity index (χ3v) is 3.92. The second-order valence-corrected chi connectivity index (χ2v) is 5.85. The van der Waals surface area contributed by atoms with E-state index in [1.54, 1.807) is 13.3 Å². The molecule has 0 aliphatic carbocycles. The second-order valence-electron chi connectivity index (χ2n) is 5.85. The Hall–Kier alpha value is -2.56. The number of hydrogen-bond donors (Lipinski definition) is 2. The minimum Gasteiger partial charge on any atom is -0.496 e. The summed E-state index contributed by atoms with van der Waals surface area (Å²) in [6.45, 7) is 6.53. The molecule has 1 heterocycles. The lowest BCUT2D eigenvalue weighted by Gasteiger charge is -2.11. The van der Waals surface area contributed by atoms with Gasteiger partial charge in [0.05, 0.1) is 7.11 Å². The molecule has 2 N–H and O–H groups in total. The van der Waals surface area contributed by atoms with Crippen LogP contribution in [-0.2, 0) is 12.8 Å². The van der Waals surface area contributed by atoms with E-state index in [1.807, 2.05) is 12.3 Å². The molecule has 5 nitrogen and oxygen atoms in total. The van der Waals surface area contributed by atoms with Gasteiger partial charge in [0.15, 0.2) is 5.96 Å². The SMILES string of the molecule is CCNC(=NCCc1ccc(C)c(OC)c1)NCCc1cccnc1. The molecule has 0 saturated heterocycles. The molecular weight excluding hydrogens is 312 g/mol. The van der Waals surface area contributed by atoms with Gasteiger partial charge < -0.3 is 15.4 Å². The molecule has 1 aromatic heterocycles. The summed E-state index contributed by atoms with van der Waals surface area (Å²) in [4.78, 5) is 8.79. The van der Waals surface area contributed by atoms with Gasteiger partial charge in [-0.15, -0.1) is 0 Å². The Morgan fingerprint density at radius 2 is 2.04 bits per heavy atom. The van der Waals surface area contributed by atoms with Crippen LogP contribution in [0, 0.1) is 6.92 Å². The van der Waals surface area contributed by atoms with Crippen LogP contribution in [-0.4, -0.2) is 37.7 Å². The number of methoxy groups -OCH3 is 1. The number of aromatic nitrogens is 1. The topological polar surface area (TPSA) is 58.5 Å². The molecule has 2 aromatic rings. The average molecular weight is 340 g/mol. The number of nitrogens with zero attached hydrogens (tertiary/aromatic N) is 2. The number of ether oxygens (including phenoxy) is 1. The van der Waals surface area contributed by atoms with Crippen LogP contribution in [0.5, 0.6) is 5.75 Å². The van der Waals surface area contributed by atoms with Crippen LogP contribution in [0.2, 0.25) is 0 Å². The molecule has 25 heavy (non-hydrogen) atoms. The number of aryl methyl sites for hydroxylation is 1. The first-order valence-corrected chi connectivity index (χ1v) is 8.77. The fourth-order valence-electron chi connectivity index (χ4n) is 2.53. The lowest BCUT2D eigenvalue weighted by Crippen LogP contribution is -2.38. The maximum atomic E-state index is 5.38. The number of pyridine rings is 1. The molecule has 0 bridgehead atoms. The standard InChI is InChI=1S/C20H28N4O/c1-4-22-20(24-13-10-18-6-5-11-21-15-18)23-12-9-17-8-7-16(2)19(14-17)25-3/h5-8,11,14-15H,4,9-10,12-13H2,1-3H3,(H2,22,23,24). The Balaban J connectivity index is 1.84. The summed E-state index contributed by atoms with van der Waals surface area (Å²) in [6.07, 6.45) is 5.50. The number of guanidine groups is 1. The maximum Gasteiger partial charge on any atom is 0.191 e. The highest BCUT2D eigenvalue weighted by Crippen LogP contribution is 2.19. The first kappa shape index (κ1) is 18.8. The van der Waals surface area contributed by atoms with Crippen LogP contribution < -0.4 is 15.4 Å². The van der Waals surface area contributed by atoms with Crippen molar-refractivity contribution in [3.05, 3.63) is 59.4 Å². The van der Waals surface area contributed by atoms with Crippen molar-refractivity contribution < 1.29 is 4.74 Å². The first-order valence-electron chi connectivity index (χ1n) is 8.77. The van der Waals surface area contributed by atoms with Gasteiger partial charge in [-0.05, 0) is 55.5 Å². The van der Waals surface area contributed by atoms with Crippen molar-refractivity contribution in [1.29, 1.82) is 0 Å². The second kappa shape index (κ2) is 10.3. The molecule has 0 fully saturated rings. The molecule has 2 rings (SSSR count). The van der Waals surface area contributed by atoms with Crippen molar-refractivity contribution in [1.82, 2.24) is 15.6 Å². The summed E-state index contributed by atoms with van der Waals surface area (Å²) in [5.41, 5.74) is 3.61.